The highest BCUT2D eigenvalue weighted by Crippen LogP contribution is 2.24. The third-order valence-corrected chi connectivity index (χ3v) is 4.24. The number of nitrogens with zero attached hydrogens (tertiary/aromatic N) is 3. The summed E-state index contributed by atoms with van der Waals surface area (Å²) in [5.74, 6) is 0.667. The number of aliphatic hydroxyl groups excluding tert-OH is 1. The second kappa shape index (κ2) is 8.76. The minimum absolute atomic E-state index is 0.0454. The van der Waals surface area contributed by atoms with Crippen molar-refractivity contribution in [2.75, 3.05) is 29.9 Å². The van der Waals surface area contributed by atoms with E-state index in [-0.39, 0.29) is 19.0 Å². The number of nitrogen functional groups attached to an aromatic ring is 2. The van der Waals surface area contributed by atoms with Crippen molar-refractivity contribution in [2.45, 2.75) is 6.54 Å². The number of nitrogens with two attached hydrogens (primary N) is 3. The smallest absolute Gasteiger partial charge is 0.169 e. The number of aliphatic hydroxyl groups is 1. The molecule has 132 valence electrons. The van der Waals surface area contributed by atoms with Crippen LogP contribution in [0.3, 0.4) is 0 Å². The van der Waals surface area contributed by atoms with Crippen molar-refractivity contribution < 1.29 is 5.11 Å². The molecule has 0 unspecified atom stereocenters. The van der Waals surface area contributed by atoms with Gasteiger partial charge in [0.1, 0.15) is 0 Å². The van der Waals surface area contributed by atoms with Gasteiger partial charge in [-0.05, 0) is 6.07 Å². The molecule has 0 aliphatic heterocycles. The first-order chi connectivity index (χ1) is 12.1. The molecule has 2 aromatic rings. The molecule has 0 bridgehead atoms. The van der Waals surface area contributed by atoms with E-state index in [2.05, 4.69) is 20.3 Å². The predicted molar refractivity (Wildman–Crippen MR) is 103 cm³/mol. The molecule has 2 heterocycles. The summed E-state index contributed by atoms with van der Waals surface area (Å²) in [6, 6.07) is 1.80. The summed E-state index contributed by atoms with van der Waals surface area (Å²) in [4.78, 5) is 14.2. The highest BCUT2D eigenvalue weighted by molar-refractivity contribution is 7.14. The Morgan fingerprint density at radius 3 is 2.88 bits per heavy atom. The van der Waals surface area contributed by atoms with Crippen LogP contribution in [0.4, 0.5) is 17.3 Å². The molecule has 25 heavy (non-hydrogen) atoms. The second-order valence-electron chi connectivity index (χ2n) is 4.90. The molecular weight excluding hydrogens is 340 g/mol. The first kappa shape index (κ1) is 18.4. The van der Waals surface area contributed by atoms with Crippen LogP contribution in [-0.2, 0) is 6.54 Å². The maximum Gasteiger partial charge on any atom is 0.169 e. The number of nitrogens with one attached hydrogen (secondary N) is 2. The van der Waals surface area contributed by atoms with Crippen LogP contribution in [-0.4, -0.2) is 40.7 Å². The molecule has 9 nitrogen and oxygen atoms in total. The molecule has 2 rings (SSSR count). The van der Waals surface area contributed by atoms with Crippen molar-refractivity contribution >= 4 is 46.7 Å². The van der Waals surface area contributed by atoms with E-state index >= 15 is 0 Å². The Morgan fingerprint density at radius 2 is 2.24 bits per heavy atom. The fraction of sp³-hybridized carbons (Fsp3) is 0.200. The monoisotopic (exact) mass is 360 g/mol. The van der Waals surface area contributed by atoms with Crippen LogP contribution in [0.1, 0.15) is 15.4 Å². The van der Waals surface area contributed by atoms with Crippen LogP contribution in [0, 0.1) is 5.41 Å². The van der Waals surface area contributed by atoms with E-state index in [9.17, 15) is 0 Å². The topological polar surface area (TPSA) is 172 Å². The van der Waals surface area contributed by atoms with Crippen molar-refractivity contribution in [1.82, 2.24) is 9.97 Å². The van der Waals surface area contributed by atoms with E-state index in [0.29, 0.717) is 34.2 Å². The van der Waals surface area contributed by atoms with Gasteiger partial charge in [-0.1, -0.05) is 0 Å². The number of thiophene rings is 1. The Balaban J connectivity index is 2.16. The van der Waals surface area contributed by atoms with Crippen LogP contribution in [0.5, 0.6) is 0 Å². The fourth-order valence-electron chi connectivity index (χ4n) is 1.93. The zero-order valence-corrected chi connectivity index (χ0v) is 14.3. The number of anilines is 3. The van der Waals surface area contributed by atoms with Crippen LogP contribution >= 0.6 is 11.3 Å². The summed E-state index contributed by atoms with van der Waals surface area (Å²) in [6.07, 6.45) is 5.61. The van der Waals surface area contributed by atoms with Gasteiger partial charge in [-0.2, -0.15) is 0 Å². The Bertz CT molecular complexity index is 799. The first-order valence-electron chi connectivity index (χ1n) is 7.37. The number of aliphatic imine (C=N–C) groups is 1. The van der Waals surface area contributed by atoms with E-state index in [1.807, 2.05) is 0 Å². The lowest BCUT2D eigenvalue weighted by Crippen LogP contribution is -2.08. The number of allylic oxidation sites excluding steroid dienone is 1. The molecule has 0 saturated heterocycles. The normalized spacial score (nSPS) is 11.8. The fourth-order valence-corrected chi connectivity index (χ4v) is 2.78. The van der Waals surface area contributed by atoms with Crippen molar-refractivity contribution in [3.8, 4) is 0 Å². The summed E-state index contributed by atoms with van der Waals surface area (Å²) >= 11 is 1.42. The van der Waals surface area contributed by atoms with Gasteiger partial charge in [0.05, 0.1) is 42.2 Å². The molecule has 0 spiro atoms. The largest absolute Gasteiger partial charge is 0.404 e. The van der Waals surface area contributed by atoms with Crippen molar-refractivity contribution in [2.24, 2.45) is 10.7 Å². The van der Waals surface area contributed by atoms with Gasteiger partial charge in [-0.15, -0.1) is 11.3 Å². The summed E-state index contributed by atoms with van der Waals surface area (Å²) < 4.78 is 0. The number of aromatic nitrogens is 2. The van der Waals surface area contributed by atoms with Crippen LogP contribution < -0.4 is 22.5 Å². The Hall–Kier alpha value is -2.98. The minimum Gasteiger partial charge on any atom is -0.404 e. The molecule has 0 amide bonds. The van der Waals surface area contributed by atoms with E-state index in [0.717, 1.165) is 4.88 Å². The maximum absolute atomic E-state index is 8.78. The second-order valence-corrected chi connectivity index (χ2v) is 6.07. The Kier molecular flexibility index (Phi) is 6.43. The summed E-state index contributed by atoms with van der Waals surface area (Å²) in [5.41, 5.74) is 18.9. The van der Waals surface area contributed by atoms with Gasteiger partial charge in [-0.3, -0.25) is 4.99 Å². The standard InChI is InChI=1S/C15H20N8OS/c16-4-9(6-20-1-2-24)12-8-21-14(19)15(23-12)22-7-10-3-11(18)13(5-17)25-10/h3-6,8,17,24H,1-2,7,16,18H2,(H2,19,21)(H,22,23). The quantitative estimate of drug-likeness (QED) is 0.375. The summed E-state index contributed by atoms with van der Waals surface area (Å²) in [6.45, 7) is 0.682. The van der Waals surface area contributed by atoms with E-state index in [1.54, 1.807) is 6.07 Å². The van der Waals surface area contributed by atoms with Gasteiger partial charge in [-0.25, -0.2) is 9.97 Å². The average Bonchev–Trinajstić information content (AvgIpc) is 2.98. The molecular formula is C15H20N8OS. The lowest BCUT2D eigenvalue weighted by atomic mass is 10.2. The zero-order chi connectivity index (χ0) is 18.2. The predicted octanol–water partition coefficient (Wildman–Crippen LogP) is 0.675. The van der Waals surface area contributed by atoms with Crippen molar-refractivity contribution in [3.05, 3.63) is 33.9 Å². The molecule has 0 aliphatic rings. The molecule has 0 aromatic carbocycles. The number of hydrogen-bond donors (Lipinski definition) is 6. The molecule has 0 atom stereocenters. The van der Waals surface area contributed by atoms with Crippen LogP contribution in [0.25, 0.3) is 5.57 Å². The summed E-state index contributed by atoms with van der Waals surface area (Å²) in [5, 5.41) is 19.2. The Morgan fingerprint density at radius 1 is 1.44 bits per heavy atom. The molecule has 0 fully saturated rings. The highest BCUT2D eigenvalue weighted by atomic mass is 32.1. The molecule has 9 N–H and O–H groups in total. The highest BCUT2D eigenvalue weighted by Gasteiger charge is 2.09. The summed E-state index contributed by atoms with van der Waals surface area (Å²) in [7, 11) is 0. The van der Waals surface area contributed by atoms with Gasteiger partial charge >= 0.3 is 0 Å². The lowest BCUT2D eigenvalue weighted by Gasteiger charge is -2.09. The van der Waals surface area contributed by atoms with Crippen molar-refractivity contribution in [3.63, 3.8) is 0 Å². The third-order valence-electron chi connectivity index (χ3n) is 3.14. The van der Waals surface area contributed by atoms with Crippen LogP contribution in [0.15, 0.2) is 23.5 Å². The minimum atomic E-state index is -0.0454. The molecule has 0 radical (unpaired) electrons. The maximum atomic E-state index is 8.78. The lowest BCUT2D eigenvalue weighted by molar-refractivity contribution is 0.307. The van der Waals surface area contributed by atoms with Crippen LogP contribution in [0.2, 0.25) is 0 Å². The van der Waals surface area contributed by atoms with Gasteiger partial charge in [0.15, 0.2) is 11.6 Å². The number of hydrogen-bond acceptors (Lipinski definition) is 10. The third kappa shape index (κ3) is 4.75. The molecule has 10 heteroatoms. The van der Waals surface area contributed by atoms with Gasteiger partial charge in [0.25, 0.3) is 0 Å². The van der Waals surface area contributed by atoms with Gasteiger partial charge in [0.2, 0.25) is 0 Å². The Labute approximate surface area is 148 Å². The van der Waals surface area contributed by atoms with Gasteiger partial charge < -0.3 is 33.0 Å². The molecule has 2 aromatic heterocycles. The average molecular weight is 360 g/mol. The number of rotatable bonds is 8. The SMILES string of the molecule is N=Cc1sc(CNc2nc(C(C=NCCO)=CN)cnc2N)cc1N. The first-order valence-corrected chi connectivity index (χ1v) is 8.18. The van der Waals surface area contributed by atoms with E-state index in [1.165, 1.54) is 36.2 Å². The molecule has 0 saturated carbocycles. The van der Waals surface area contributed by atoms with Crippen molar-refractivity contribution in [1.29, 1.82) is 5.41 Å². The van der Waals surface area contributed by atoms with E-state index in [4.69, 9.17) is 27.7 Å². The van der Waals surface area contributed by atoms with E-state index < -0.39 is 0 Å². The van der Waals surface area contributed by atoms with Gasteiger partial charge in [0, 0.05) is 29.1 Å². The molecule has 0 aliphatic carbocycles. The zero-order valence-electron chi connectivity index (χ0n) is 13.4.